The third-order valence-electron chi connectivity index (χ3n) is 5.18. The number of sulfonamides is 1. The van der Waals surface area contributed by atoms with Crippen molar-refractivity contribution in [1.29, 1.82) is 0 Å². The van der Waals surface area contributed by atoms with Gasteiger partial charge in [-0.05, 0) is 35.9 Å². The molecule has 34 heavy (non-hydrogen) atoms. The maximum absolute atomic E-state index is 13.3. The van der Waals surface area contributed by atoms with E-state index in [1.165, 1.54) is 30.3 Å². The molecule has 1 heterocycles. The van der Waals surface area contributed by atoms with Crippen LogP contribution in [-0.4, -0.2) is 66.0 Å². The van der Waals surface area contributed by atoms with Crippen molar-refractivity contribution >= 4 is 51.0 Å². The van der Waals surface area contributed by atoms with Gasteiger partial charge in [-0.1, -0.05) is 35.3 Å². The minimum absolute atomic E-state index is 0.0863. The Morgan fingerprint density at radius 3 is 2.32 bits per heavy atom. The molecule has 1 aliphatic heterocycles. The van der Waals surface area contributed by atoms with Gasteiger partial charge in [0.1, 0.15) is 5.82 Å². The smallest absolute Gasteiger partial charge is 0.305 e. The number of carbonyl (C=O) groups is 3. The molecule has 1 aliphatic rings. The van der Waals surface area contributed by atoms with E-state index in [0.29, 0.717) is 5.56 Å². The van der Waals surface area contributed by atoms with Crippen molar-refractivity contribution in [2.24, 2.45) is 0 Å². The van der Waals surface area contributed by atoms with Gasteiger partial charge in [0.15, 0.2) is 6.17 Å². The summed E-state index contributed by atoms with van der Waals surface area (Å²) in [5.74, 6) is -3.38. The minimum Gasteiger partial charge on any atom is -0.481 e. The van der Waals surface area contributed by atoms with Crippen molar-refractivity contribution in [3.8, 4) is 0 Å². The quantitative estimate of drug-likeness (QED) is 0.565. The van der Waals surface area contributed by atoms with Crippen molar-refractivity contribution in [2.75, 3.05) is 19.3 Å². The van der Waals surface area contributed by atoms with Crippen molar-refractivity contribution in [2.45, 2.75) is 18.6 Å². The zero-order valence-electron chi connectivity index (χ0n) is 17.7. The molecule has 13 heteroatoms. The van der Waals surface area contributed by atoms with Gasteiger partial charge in [-0.25, -0.2) is 12.8 Å². The first-order valence-electron chi connectivity index (χ1n) is 9.89. The Morgan fingerprint density at radius 2 is 1.76 bits per heavy atom. The number of benzene rings is 2. The van der Waals surface area contributed by atoms with Crippen LogP contribution in [0.3, 0.4) is 0 Å². The van der Waals surface area contributed by atoms with E-state index >= 15 is 0 Å². The number of aliphatic carboxylic acids is 1. The number of halogens is 3. The summed E-state index contributed by atoms with van der Waals surface area (Å²) in [6.07, 6.45) is -1.23. The topological polar surface area (TPSA) is 124 Å². The Kier molecular flexibility index (Phi) is 7.81. The number of carboxylic acid groups (broad SMARTS) is 1. The predicted molar refractivity (Wildman–Crippen MR) is 122 cm³/mol. The maximum Gasteiger partial charge on any atom is 0.305 e. The van der Waals surface area contributed by atoms with E-state index in [0.717, 1.165) is 27.6 Å². The molecule has 2 amide bonds. The van der Waals surface area contributed by atoms with Crippen LogP contribution in [0.25, 0.3) is 0 Å². The highest BCUT2D eigenvalue weighted by atomic mass is 35.5. The lowest BCUT2D eigenvalue weighted by atomic mass is 10.0. The van der Waals surface area contributed by atoms with Crippen molar-refractivity contribution < 1.29 is 32.3 Å². The molecule has 3 rings (SSSR count). The molecule has 2 atom stereocenters. The SMILES string of the molecule is CS(=O)(=O)N1CCN(C(=O)c2ccc(Cl)c(Cl)c2)C1C(=O)NC(CC(=O)O)c1ccc(F)cc1. The van der Waals surface area contributed by atoms with Gasteiger partial charge in [0.25, 0.3) is 11.8 Å². The van der Waals surface area contributed by atoms with Crippen LogP contribution in [0, 0.1) is 5.82 Å². The van der Waals surface area contributed by atoms with Crippen LogP contribution in [0.4, 0.5) is 4.39 Å². The average molecular weight is 532 g/mol. The molecule has 0 aromatic heterocycles. The minimum atomic E-state index is -3.92. The summed E-state index contributed by atoms with van der Waals surface area (Å²) in [7, 11) is -3.92. The Hall–Kier alpha value is -2.73. The largest absolute Gasteiger partial charge is 0.481 e. The fourth-order valence-corrected chi connectivity index (χ4v) is 4.89. The second-order valence-corrected chi connectivity index (χ2v) is 10.3. The van der Waals surface area contributed by atoms with Crippen LogP contribution in [0.5, 0.6) is 0 Å². The van der Waals surface area contributed by atoms with Crippen LogP contribution in [0.15, 0.2) is 42.5 Å². The van der Waals surface area contributed by atoms with Gasteiger partial charge < -0.3 is 15.3 Å². The molecule has 0 radical (unpaired) electrons. The first-order chi connectivity index (χ1) is 15.9. The van der Waals surface area contributed by atoms with Gasteiger partial charge in [0, 0.05) is 18.7 Å². The number of nitrogens with one attached hydrogen (secondary N) is 1. The summed E-state index contributed by atoms with van der Waals surface area (Å²) < 4.78 is 38.9. The standard InChI is InChI=1S/C21H20Cl2FN3O6S/c1-34(32,33)27-9-8-26(21(31)13-4-7-15(22)16(23)10-13)20(27)19(30)25-17(11-18(28)29)12-2-5-14(24)6-3-12/h2-7,10,17,20H,8-9,11H2,1H3,(H,25,30)(H,28,29). The second kappa shape index (κ2) is 10.3. The molecule has 0 bridgehead atoms. The van der Waals surface area contributed by atoms with E-state index < -0.39 is 52.3 Å². The molecule has 0 saturated carbocycles. The molecule has 2 unspecified atom stereocenters. The Balaban J connectivity index is 1.95. The van der Waals surface area contributed by atoms with Crippen LogP contribution in [-0.2, 0) is 19.6 Å². The van der Waals surface area contributed by atoms with E-state index in [-0.39, 0.29) is 28.7 Å². The van der Waals surface area contributed by atoms with Gasteiger partial charge in [-0.2, -0.15) is 4.31 Å². The first kappa shape index (κ1) is 25.9. The molecular weight excluding hydrogens is 512 g/mol. The molecule has 2 aromatic rings. The van der Waals surface area contributed by atoms with Gasteiger partial charge in [0.05, 0.1) is 28.8 Å². The van der Waals surface area contributed by atoms with Gasteiger partial charge in [-0.3, -0.25) is 14.4 Å². The van der Waals surface area contributed by atoms with Gasteiger partial charge in [0.2, 0.25) is 10.0 Å². The molecule has 0 spiro atoms. The zero-order chi connectivity index (χ0) is 25.2. The van der Waals surface area contributed by atoms with Crippen molar-refractivity contribution in [3.05, 3.63) is 69.5 Å². The Labute approximate surface area is 205 Å². The van der Waals surface area contributed by atoms with E-state index in [2.05, 4.69) is 5.32 Å². The Bertz CT molecular complexity index is 1230. The molecule has 1 saturated heterocycles. The van der Waals surface area contributed by atoms with Crippen molar-refractivity contribution in [1.82, 2.24) is 14.5 Å². The number of nitrogens with zero attached hydrogens (tertiary/aromatic N) is 2. The molecule has 2 aromatic carbocycles. The summed E-state index contributed by atoms with van der Waals surface area (Å²) in [6, 6.07) is 7.82. The fourth-order valence-electron chi connectivity index (χ4n) is 3.60. The third kappa shape index (κ3) is 5.84. The van der Waals surface area contributed by atoms with Crippen LogP contribution in [0.2, 0.25) is 10.0 Å². The van der Waals surface area contributed by atoms with Crippen LogP contribution in [0.1, 0.15) is 28.4 Å². The lowest BCUT2D eigenvalue weighted by Crippen LogP contribution is -2.54. The molecule has 2 N–H and O–H groups in total. The number of carboxylic acids is 1. The Morgan fingerprint density at radius 1 is 1.12 bits per heavy atom. The van der Waals surface area contributed by atoms with Gasteiger partial charge >= 0.3 is 5.97 Å². The maximum atomic E-state index is 13.3. The molecule has 0 aliphatic carbocycles. The molecular formula is C21H20Cl2FN3O6S. The summed E-state index contributed by atoms with van der Waals surface area (Å²) in [5, 5.41) is 12.1. The summed E-state index contributed by atoms with van der Waals surface area (Å²) in [5.41, 5.74) is 0.381. The van der Waals surface area contributed by atoms with Crippen LogP contribution < -0.4 is 5.32 Å². The highest BCUT2D eigenvalue weighted by Gasteiger charge is 2.45. The predicted octanol–water partition coefficient (Wildman–Crippen LogP) is 2.51. The normalized spacial score (nSPS) is 17.4. The summed E-state index contributed by atoms with van der Waals surface area (Å²) in [6.45, 7) is -0.242. The third-order valence-corrected chi connectivity index (χ3v) is 7.16. The zero-order valence-corrected chi connectivity index (χ0v) is 20.1. The highest BCUT2D eigenvalue weighted by Crippen LogP contribution is 2.27. The van der Waals surface area contributed by atoms with Crippen molar-refractivity contribution in [3.63, 3.8) is 0 Å². The first-order valence-corrected chi connectivity index (χ1v) is 12.5. The molecule has 1 fully saturated rings. The number of carbonyl (C=O) groups excluding carboxylic acids is 2. The van der Waals surface area contributed by atoms with E-state index in [1.807, 2.05) is 0 Å². The number of rotatable bonds is 7. The molecule has 182 valence electrons. The van der Waals surface area contributed by atoms with E-state index in [1.54, 1.807) is 0 Å². The average Bonchev–Trinajstić information content (AvgIpc) is 3.21. The van der Waals surface area contributed by atoms with E-state index in [9.17, 15) is 32.3 Å². The summed E-state index contributed by atoms with van der Waals surface area (Å²) >= 11 is 11.9. The lowest BCUT2D eigenvalue weighted by Gasteiger charge is -2.29. The summed E-state index contributed by atoms with van der Waals surface area (Å²) in [4.78, 5) is 38.9. The van der Waals surface area contributed by atoms with Crippen LogP contribution >= 0.6 is 23.2 Å². The second-order valence-electron chi connectivity index (χ2n) is 7.59. The van der Waals surface area contributed by atoms with E-state index in [4.69, 9.17) is 23.2 Å². The fraction of sp³-hybridized carbons (Fsp3) is 0.286. The highest BCUT2D eigenvalue weighted by molar-refractivity contribution is 7.88. The van der Waals surface area contributed by atoms with Gasteiger partial charge in [-0.15, -0.1) is 0 Å². The number of hydrogen-bond donors (Lipinski definition) is 2. The lowest BCUT2D eigenvalue weighted by molar-refractivity contribution is -0.138. The number of hydrogen-bond acceptors (Lipinski definition) is 5. The monoisotopic (exact) mass is 531 g/mol. The number of amides is 2. The molecule has 9 nitrogen and oxygen atoms in total.